The highest BCUT2D eigenvalue weighted by Gasteiger charge is 2.36. The summed E-state index contributed by atoms with van der Waals surface area (Å²) in [6.45, 7) is 7.40. The van der Waals surface area contributed by atoms with Crippen LogP contribution in [0.3, 0.4) is 0 Å². The minimum Gasteiger partial charge on any atom is -0.364 e. The normalized spacial score (nSPS) is 16.5. The first-order valence-corrected chi connectivity index (χ1v) is 5.94. The van der Waals surface area contributed by atoms with Crippen LogP contribution < -0.4 is 5.32 Å². The quantitative estimate of drug-likeness (QED) is 0.846. The van der Waals surface area contributed by atoms with E-state index in [1.54, 1.807) is 6.20 Å². The van der Waals surface area contributed by atoms with Crippen molar-refractivity contribution in [2.24, 2.45) is 5.41 Å². The average molecular weight is 233 g/mol. The van der Waals surface area contributed by atoms with E-state index < -0.39 is 0 Å². The second kappa shape index (κ2) is 4.35. The zero-order valence-corrected chi connectivity index (χ0v) is 10.6. The molecule has 1 fully saturated rings. The van der Waals surface area contributed by atoms with Gasteiger partial charge in [0.05, 0.1) is 6.04 Å². The van der Waals surface area contributed by atoms with E-state index in [2.05, 4.69) is 10.3 Å². The Labute approximate surface area is 102 Å². The maximum absolute atomic E-state index is 11.9. The molecule has 1 N–H and O–H groups in total. The smallest absolute Gasteiger partial charge is 0.228 e. The minimum atomic E-state index is -0.282. The standard InChI is InChI=1S/C13H19N3O/c1-13(2,3)12(17)16-8-10(9-16)15-11-6-4-5-7-14-11/h4-7,10H,8-9H2,1-3H3,(H,14,15). The van der Waals surface area contributed by atoms with E-state index in [0.717, 1.165) is 18.9 Å². The number of hydrogen-bond acceptors (Lipinski definition) is 3. The molecule has 2 rings (SSSR count). The van der Waals surface area contributed by atoms with E-state index in [0.29, 0.717) is 6.04 Å². The first-order chi connectivity index (χ1) is 7.97. The zero-order chi connectivity index (χ0) is 12.5. The Balaban J connectivity index is 1.82. The Morgan fingerprint density at radius 3 is 2.65 bits per heavy atom. The summed E-state index contributed by atoms with van der Waals surface area (Å²) in [6.07, 6.45) is 1.76. The van der Waals surface area contributed by atoms with Crippen molar-refractivity contribution >= 4 is 11.7 Å². The lowest BCUT2D eigenvalue weighted by Gasteiger charge is -2.42. The lowest BCUT2D eigenvalue weighted by Crippen LogP contribution is -2.59. The average Bonchev–Trinajstić information content (AvgIpc) is 2.22. The van der Waals surface area contributed by atoms with E-state index in [1.807, 2.05) is 43.9 Å². The molecule has 0 saturated carbocycles. The van der Waals surface area contributed by atoms with Gasteiger partial charge in [-0.2, -0.15) is 0 Å². The number of pyridine rings is 1. The van der Waals surface area contributed by atoms with Crippen LogP contribution in [0.2, 0.25) is 0 Å². The van der Waals surface area contributed by atoms with Gasteiger partial charge in [0.1, 0.15) is 5.82 Å². The summed E-state index contributed by atoms with van der Waals surface area (Å²) in [5.74, 6) is 1.09. The van der Waals surface area contributed by atoms with E-state index in [4.69, 9.17) is 0 Å². The highest BCUT2D eigenvalue weighted by molar-refractivity contribution is 5.82. The van der Waals surface area contributed by atoms with Gasteiger partial charge in [-0.1, -0.05) is 26.8 Å². The molecule has 0 spiro atoms. The van der Waals surface area contributed by atoms with Crippen LogP contribution in [0.1, 0.15) is 20.8 Å². The van der Waals surface area contributed by atoms with Gasteiger partial charge < -0.3 is 10.2 Å². The van der Waals surface area contributed by atoms with Gasteiger partial charge >= 0.3 is 0 Å². The highest BCUT2D eigenvalue weighted by Crippen LogP contribution is 2.22. The van der Waals surface area contributed by atoms with Crippen molar-refractivity contribution in [3.05, 3.63) is 24.4 Å². The third-order valence-corrected chi connectivity index (χ3v) is 2.83. The van der Waals surface area contributed by atoms with Gasteiger partial charge in [0.15, 0.2) is 0 Å². The predicted octanol–water partition coefficient (Wildman–Crippen LogP) is 1.75. The Morgan fingerprint density at radius 2 is 2.12 bits per heavy atom. The summed E-state index contributed by atoms with van der Waals surface area (Å²) >= 11 is 0. The van der Waals surface area contributed by atoms with Crippen LogP contribution >= 0.6 is 0 Å². The number of nitrogens with one attached hydrogen (secondary N) is 1. The number of rotatable bonds is 2. The number of aromatic nitrogens is 1. The summed E-state index contributed by atoms with van der Waals surface area (Å²) in [6, 6.07) is 6.11. The second-order valence-electron chi connectivity index (χ2n) is 5.52. The molecule has 0 bridgehead atoms. The number of likely N-dealkylation sites (tertiary alicyclic amines) is 1. The highest BCUT2D eigenvalue weighted by atomic mass is 16.2. The van der Waals surface area contributed by atoms with Gasteiger partial charge in [-0.05, 0) is 12.1 Å². The van der Waals surface area contributed by atoms with Gasteiger partial charge in [0.25, 0.3) is 0 Å². The van der Waals surface area contributed by atoms with Crippen molar-refractivity contribution in [3.8, 4) is 0 Å². The van der Waals surface area contributed by atoms with E-state index in [1.165, 1.54) is 0 Å². The summed E-state index contributed by atoms with van der Waals surface area (Å²) in [4.78, 5) is 18.0. The van der Waals surface area contributed by atoms with E-state index in [9.17, 15) is 4.79 Å². The first-order valence-electron chi connectivity index (χ1n) is 5.94. The summed E-state index contributed by atoms with van der Waals surface area (Å²) in [7, 11) is 0. The summed E-state index contributed by atoms with van der Waals surface area (Å²) < 4.78 is 0. The molecular formula is C13H19N3O. The molecule has 0 radical (unpaired) electrons. The molecule has 92 valence electrons. The molecule has 1 saturated heterocycles. The van der Waals surface area contributed by atoms with Gasteiger partial charge in [0.2, 0.25) is 5.91 Å². The van der Waals surface area contributed by atoms with Crippen molar-refractivity contribution in [1.29, 1.82) is 0 Å². The lowest BCUT2D eigenvalue weighted by molar-refractivity contribution is -0.143. The van der Waals surface area contributed by atoms with Crippen LogP contribution in [0, 0.1) is 5.41 Å². The van der Waals surface area contributed by atoms with Crippen LogP contribution in [0.15, 0.2) is 24.4 Å². The molecule has 2 heterocycles. The minimum absolute atomic E-state index is 0.219. The monoisotopic (exact) mass is 233 g/mol. The van der Waals surface area contributed by atoms with Crippen LogP contribution in [-0.4, -0.2) is 34.9 Å². The molecule has 17 heavy (non-hydrogen) atoms. The van der Waals surface area contributed by atoms with Gasteiger partial charge in [-0.3, -0.25) is 4.79 Å². The van der Waals surface area contributed by atoms with Crippen LogP contribution in [0.5, 0.6) is 0 Å². The van der Waals surface area contributed by atoms with Crippen LogP contribution in [0.25, 0.3) is 0 Å². The molecule has 1 aromatic rings. The number of carbonyl (C=O) groups is 1. The molecule has 1 aliphatic heterocycles. The molecule has 0 unspecified atom stereocenters. The summed E-state index contributed by atoms with van der Waals surface area (Å²) in [5, 5.41) is 3.31. The molecule has 1 aromatic heterocycles. The van der Waals surface area contributed by atoms with Crippen molar-refractivity contribution in [3.63, 3.8) is 0 Å². The topological polar surface area (TPSA) is 45.2 Å². The SMILES string of the molecule is CC(C)(C)C(=O)N1CC(Nc2ccccn2)C1. The Bertz CT molecular complexity index is 391. The predicted molar refractivity (Wildman–Crippen MR) is 67.7 cm³/mol. The summed E-state index contributed by atoms with van der Waals surface area (Å²) in [5.41, 5.74) is -0.282. The molecule has 4 heteroatoms. The number of nitrogens with zero attached hydrogens (tertiary/aromatic N) is 2. The third-order valence-electron chi connectivity index (χ3n) is 2.83. The molecule has 1 amide bonds. The van der Waals surface area contributed by atoms with Gasteiger partial charge in [0, 0.05) is 24.7 Å². The van der Waals surface area contributed by atoms with Gasteiger partial charge in [-0.25, -0.2) is 4.98 Å². The maximum atomic E-state index is 11.9. The molecule has 1 aliphatic rings. The molecule has 4 nitrogen and oxygen atoms in total. The molecular weight excluding hydrogens is 214 g/mol. The van der Waals surface area contributed by atoms with E-state index >= 15 is 0 Å². The fraction of sp³-hybridized carbons (Fsp3) is 0.538. The van der Waals surface area contributed by atoms with Gasteiger partial charge in [-0.15, -0.1) is 0 Å². The van der Waals surface area contributed by atoms with Crippen molar-refractivity contribution in [2.45, 2.75) is 26.8 Å². The van der Waals surface area contributed by atoms with Crippen molar-refractivity contribution in [1.82, 2.24) is 9.88 Å². The number of hydrogen-bond donors (Lipinski definition) is 1. The molecule has 0 aliphatic carbocycles. The zero-order valence-electron chi connectivity index (χ0n) is 10.6. The Morgan fingerprint density at radius 1 is 1.41 bits per heavy atom. The Kier molecular flexibility index (Phi) is 3.05. The Hall–Kier alpha value is -1.58. The fourth-order valence-corrected chi connectivity index (χ4v) is 1.87. The fourth-order valence-electron chi connectivity index (χ4n) is 1.87. The maximum Gasteiger partial charge on any atom is 0.228 e. The molecule has 0 aromatic carbocycles. The van der Waals surface area contributed by atoms with Crippen LogP contribution in [-0.2, 0) is 4.79 Å². The molecule has 0 atom stereocenters. The van der Waals surface area contributed by atoms with E-state index in [-0.39, 0.29) is 11.3 Å². The number of amides is 1. The lowest BCUT2D eigenvalue weighted by atomic mass is 9.92. The number of anilines is 1. The van der Waals surface area contributed by atoms with Crippen LogP contribution in [0.4, 0.5) is 5.82 Å². The number of carbonyl (C=O) groups excluding carboxylic acids is 1. The van der Waals surface area contributed by atoms with Crippen molar-refractivity contribution < 1.29 is 4.79 Å². The largest absolute Gasteiger partial charge is 0.364 e. The second-order valence-corrected chi connectivity index (χ2v) is 5.52. The van der Waals surface area contributed by atoms with Crippen molar-refractivity contribution in [2.75, 3.05) is 18.4 Å². The first kappa shape index (κ1) is 11.9. The third kappa shape index (κ3) is 2.75.